The zero-order valence-corrected chi connectivity index (χ0v) is 14.3. The largest absolute Gasteiger partial charge is 0.505 e. The third-order valence-electron chi connectivity index (χ3n) is 4.50. The molecule has 0 fully saturated rings. The lowest BCUT2D eigenvalue weighted by atomic mass is 9.97. The average Bonchev–Trinajstić information content (AvgIpc) is 2.71. The minimum atomic E-state index is 0.251. The molecule has 0 bridgehead atoms. The van der Waals surface area contributed by atoms with Crippen molar-refractivity contribution < 1.29 is 5.11 Å². The summed E-state index contributed by atoms with van der Waals surface area (Å²) in [6, 6.07) is 30.4. The lowest BCUT2D eigenvalue weighted by Crippen LogP contribution is -1.94. The summed E-state index contributed by atoms with van der Waals surface area (Å²) in [7, 11) is 0. The van der Waals surface area contributed by atoms with Gasteiger partial charge in [-0.3, -0.25) is 4.98 Å². The molecule has 1 N–H and O–H groups in total. The second-order valence-electron chi connectivity index (χ2n) is 6.26. The van der Waals surface area contributed by atoms with E-state index in [0.29, 0.717) is 12.1 Å². The summed E-state index contributed by atoms with van der Waals surface area (Å²) >= 11 is 0. The van der Waals surface area contributed by atoms with E-state index in [-0.39, 0.29) is 5.75 Å². The van der Waals surface area contributed by atoms with E-state index in [1.807, 2.05) is 66.7 Å². The second-order valence-corrected chi connectivity index (χ2v) is 6.26. The summed E-state index contributed by atoms with van der Waals surface area (Å²) in [5, 5.41) is 10.8. The van der Waals surface area contributed by atoms with E-state index in [0.717, 1.165) is 27.8 Å². The van der Waals surface area contributed by atoms with Crippen molar-refractivity contribution in [3.8, 4) is 28.0 Å². The predicted octanol–water partition coefficient (Wildman–Crippen LogP) is 5.71. The Bertz CT molecular complexity index is 1010. The molecule has 1 heterocycles. The first-order valence-electron chi connectivity index (χ1n) is 8.68. The Labute approximate surface area is 153 Å². The molecule has 0 radical (unpaired) electrons. The van der Waals surface area contributed by atoms with E-state index < -0.39 is 0 Å². The van der Waals surface area contributed by atoms with E-state index in [2.05, 4.69) is 29.2 Å². The summed E-state index contributed by atoms with van der Waals surface area (Å²) in [6.07, 6.45) is 2.38. The van der Waals surface area contributed by atoms with Crippen molar-refractivity contribution in [1.29, 1.82) is 0 Å². The van der Waals surface area contributed by atoms with Gasteiger partial charge in [-0.15, -0.1) is 0 Å². The zero-order chi connectivity index (χ0) is 17.8. The van der Waals surface area contributed by atoms with Crippen molar-refractivity contribution in [2.45, 2.75) is 6.42 Å². The topological polar surface area (TPSA) is 33.1 Å². The van der Waals surface area contributed by atoms with Gasteiger partial charge in [0.05, 0.1) is 5.69 Å². The van der Waals surface area contributed by atoms with Gasteiger partial charge in [-0.05, 0) is 34.4 Å². The van der Waals surface area contributed by atoms with E-state index in [9.17, 15) is 5.11 Å². The first-order valence-corrected chi connectivity index (χ1v) is 8.68. The Morgan fingerprint density at radius 2 is 1.31 bits per heavy atom. The summed E-state index contributed by atoms with van der Waals surface area (Å²) in [5.74, 6) is 0.251. The number of aromatic hydroxyl groups is 1. The van der Waals surface area contributed by atoms with Gasteiger partial charge in [0, 0.05) is 18.2 Å². The molecule has 2 heteroatoms. The van der Waals surface area contributed by atoms with Gasteiger partial charge in [-0.1, -0.05) is 78.9 Å². The highest BCUT2D eigenvalue weighted by molar-refractivity contribution is 5.76. The number of benzene rings is 3. The molecule has 126 valence electrons. The quantitative estimate of drug-likeness (QED) is 0.517. The average molecular weight is 337 g/mol. The Kier molecular flexibility index (Phi) is 4.48. The third kappa shape index (κ3) is 3.35. The van der Waals surface area contributed by atoms with Crippen LogP contribution in [-0.2, 0) is 6.42 Å². The van der Waals surface area contributed by atoms with Crippen LogP contribution in [0.2, 0.25) is 0 Å². The number of rotatable bonds is 4. The Morgan fingerprint density at radius 1 is 0.654 bits per heavy atom. The molecule has 26 heavy (non-hydrogen) atoms. The maximum Gasteiger partial charge on any atom is 0.145 e. The number of hydrogen-bond acceptors (Lipinski definition) is 2. The van der Waals surface area contributed by atoms with Crippen molar-refractivity contribution in [2.24, 2.45) is 0 Å². The molecule has 4 rings (SSSR count). The first kappa shape index (κ1) is 16.1. The molecule has 1 aromatic heterocycles. The van der Waals surface area contributed by atoms with E-state index in [1.165, 1.54) is 0 Å². The third-order valence-corrected chi connectivity index (χ3v) is 4.50. The molecule has 0 atom stereocenters. The number of aromatic nitrogens is 1. The fraction of sp³-hybridized carbons (Fsp3) is 0.0417. The molecule has 3 aromatic carbocycles. The molecule has 0 aliphatic carbocycles. The summed E-state index contributed by atoms with van der Waals surface area (Å²) in [6.45, 7) is 0. The Balaban J connectivity index is 1.71. The van der Waals surface area contributed by atoms with Crippen LogP contribution in [0.25, 0.3) is 22.3 Å². The first-order chi connectivity index (χ1) is 12.8. The van der Waals surface area contributed by atoms with Crippen LogP contribution in [-0.4, -0.2) is 10.1 Å². The van der Waals surface area contributed by atoms with Crippen LogP contribution in [0.15, 0.2) is 97.2 Å². The van der Waals surface area contributed by atoms with Crippen LogP contribution in [0.3, 0.4) is 0 Å². The van der Waals surface area contributed by atoms with Gasteiger partial charge < -0.3 is 5.11 Å². The molecule has 2 nitrogen and oxygen atoms in total. The Morgan fingerprint density at radius 3 is 2.08 bits per heavy atom. The van der Waals surface area contributed by atoms with Gasteiger partial charge in [0.15, 0.2) is 0 Å². The fourth-order valence-corrected chi connectivity index (χ4v) is 3.15. The van der Waals surface area contributed by atoms with Gasteiger partial charge in [-0.2, -0.15) is 0 Å². The van der Waals surface area contributed by atoms with E-state index >= 15 is 0 Å². The molecule has 0 unspecified atom stereocenters. The van der Waals surface area contributed by atoms with Crippen LogP contribution in [0.4, 0.5) is 0 Å². The molecular weight excluding hydrogens is 318 g/mol. The van der Waals surface area contributed by atoms with Crippen LogP contribution >= 0.6 is 0 Å². The predicted molar refractivity (Wildman–Crippen MR) is 106 cm³/mol. The smallest absolute Gasteiger partial charge is 0.145 e. The van der Waals surface area contributed by atoms with Crippen molar-refractivity contribution in [1.82, 2.24) is 4.98 Å². The van der Waals surface area contributed by atoms with Gasteiger partial charge in [-0.25, -0.2) is 0 Å². The van der Waals surface area contributed by atoms with Crippen LogP contribution in [0.5, 0.6) is 5.75 Å². The number of nitrogens with zero attached hydrogens (tertiary/aromatic N) is 1. The molecule has 0 spiro atoms. The maximum absolute atomic E-state index is 10.8. The molecule has 0 amide bonds. The monoisotopic (exact) mass is 337 g/mol. The van der Waals surface area contributed by atoms with Crippen molar-refractivity contribution >= 4 is 0 Å². The van der Waals surface area contributed by atoms with E-state index in [4.69, 9.17) is 0 Å². The number of hydrogen-bond donors (Lipinski definition) is 1. The van der Waals surface area contributed by atoms with Gasteiger partial charge in [0.25, 0.3) is 0 Å². The van der Waals surface area contributed by atoms with Crippen molar-refractivity contribution in [3.05, 3.63) is 108 Å². The minimum absolute atomic E-state index is 0.251. The summed E-state index contributed by atoms with van der Waals surface area (Å²) < 4.78 is 0. The van der Waals surface area contributed by atoms with Crippen molar-refractivity contribution in [3.63, 3.8) is 0 Å². The molecular formula is C24H19NO. The van der Waals surface area contributed by atoms with Gasteiger partial charge in [0.2, 0.25) is 0 Å². The van der Waals surface area contributed by atoms with Crippen molar-refractivity contribution in [2.75, 3.05) is 0 Å². The Hall–Kier alpha value is -3.39. The maximum atomic E-state index is 10.8. The normalized spacial score (nSPS) is 10.6. The lowest BCUT2D eigenvalue weighted by Gasteiger charge is -2.11. The minimum Gasteiger partial charge on any atom is -0.505 e. The molecule has 0 aliphatic rings. The summed E-state index contributed by atoms with van der Waals surface area (Å²) in [4.78, 5) is 4.39. The van der Waals surface area contributed by atoms with Crippen LogP contribution in [0.1, 0.15) is 11.3 Å². The van der Waals surface area contributed by atoms with Gasteiger partial charge in [0.1, 0.15) is 5.75 Å². The highest BCUT2D eigenvalue weighted by Gasteiger charge is 2.11. The molecule has 0 saturated heterocycles. The standard InChI is InChI=1S/C24H19NO/c26-24-22(14-15-25-23(24)16-18-8-3-1-4-9-18)21-13-7-12-20(17-21)19-10-5-2-6-11-19/h1-15,17,26H,16H2. The molecule has 4 aromatic rings. The van der Waals surface area contributed by atoms with E-state index in [1.54, 1.807) is 6.20 Å². The fourth-order valence-electron chi connectivity index (χ4n) is 3.15. The zero-order valence-electron chi connectivity index (χ0n) is 14.3. The summed E-state index contributed by atoms with van der Waals surface area (Å²) in [5.41, 5.74) is 5.91. The van der Waals surface area contributed by atoms with Gasteiger partial charge >= 0.3 is 0 Å². The number of pyridine rings is 1. The SMILES string of the molecule is Oc1c(-c2cccc(-c3ccccc3)c2)ccnc1Cc1ccccc1. The molecule has 0 aliphatic heterocycles. The highest BCUT2D eigenvalue weighted by Crippen LogP contribution is 2.34. The lowest BCUT2D eigenvalue weighted by molar-refractivity contribution is 0.467. The highest BCUT2D eigenvalue weighted by atomic mass is 16.3. The second kappa shape index (κ2) is 7.24. The van der Waals surface area contributed by atoms with Crippen LogP contribution < -0.4 is 0 Å². The molecule has 0 saturated carbocycles. The van der Waals surface area contributed by atoms with Crippen LogP contribution in [0, 0.1) is 0 Å².